The minimum Gasteiger partial charge on any atom is -0.349 e. The fraction of sp³-hybridized carbons (Fsp3) is 0.273. The molecule has 1 unspecified atom stereocenters. The third kappa shape index (κ3) is 3.18. The van der Waals surface area contributed by atoms with Crippen LogP contribution >= 0.6 is 0 Å². The summed E-state index contributed by atoms with van der Waals surface area (Å²) in [6.07, 6.45) is 4.30. The fourth-order valence-electron chi connectivity index (χ4n) is 4.06. The molecule has 0 aliphatic heterocycles. The van der Waals surface area contributed by atoms with Crippen molar-refractivity contribution in [3.63, 3.8) is 0 Å². The number of nitrogens with one attached hydrogen (secondary N) is 1. The average Bonchev–Trinajstić information content (AvgIpc) is 3.31. The summed E-state index contributed by atoms with van der Waals surface area (Å²) in [6.45, 7) is 2.07. The number of hydrogen-bond acceptors (Lipinski definition) is 4. The van der Waals surface area contributed by atoms with Crippen molar-refractivity contribution in [1.29, 1.82) is 0 Å². The molecule has 0 saturated carbocycles. The Balaban J connectivity index is 1.36. The molecular weight excluding hydrogens is 364 g/mol. The maximum absolute atomic E-state index is 12.8. The lowest BCUT2D eigenvalue weighted by Crippen LogP contribution is -2.39. The van der Waals surface area contributed by atoms with Gasteiger partial charge in [0, 0.05) is 30.8 Å². The molecule has 1 amide bonds. The first kappa shape index (κ1) is 17.6. The van der Waals surface area contributed by atoms with Crippen molar-refractivity contribution in [3.05, 3.63) is 71.3 Å². The van der Waals surface area contributed by atoms with Crippen LogP contribution in [-0.2, 0) is 19.9 Å². The van der Waals surface area contributed by atoms with Crippen LogP contribution in [0.1, 0.15) is 33.7 Å². The number of benzene rings is 2. The van der Waals surface area contributed by atoms with Crippen LogP contribution in [0.3, 0.4) is 0 Å². The molecule has 4 aromatic rings. The number of imidazole rings is 1. The Morgan fingerprint density at radius 1 is 1.21 bits per heavy atom. The molecular formula is C22H22N6O. The van der Waals surface area contributed by atoms with Gasteiger partial charge in [0.15, 0.2) is 0 Å². The number of amides is 1. The number of fused-ring (bicyclic) bond motifs is 2. The van der Waals surface area contributed by atoms with E-state index in [1.54, 1.807) is 6.33 Å². The predicted octanol–water partition coefficient (Wildman–Crippen LogP) is 2.75. The summed E-state index contributed by atoms with van der Waals surface area (Å²) in [7, 11) is 1.91. The Bertz CT molecular complexity index is 1220. The van der Waals surface area contributed by atoms with Crippen molar-refractivity contribution in [1.82, 2.24) is 29.9 Å². The summed E-state index contributed by atoms with van der Waals surface area (Å²) in [5.41, 5.74) is 6.81. The lowest BCUT2D eigenvalue weighted by atomic mass is 9.95. The van der Waals surface area contributed by atoms with Gasteiger partial charge in [-0.25, -0.2) is 4.98 Å². The first-order valence-electron chi connectivity index (χ1n) is 9.81. The Kier molecular flexibility index (Phi) is 4.16. The van der Waals surface area contributed by atoms with Crippen LogP contribution in [-0.4, -0.2) is 36.5 Å². The van der Waals surface area contributed by atoms with Crippen LogP contribution in [0.4, 0.5) is 0 Å². The maximum atomic E-state index is 12.8. The number of carbonyl (C=O) groups is 1. The van der Waals surface area contributed by atoms with Gasteiger partial charge in [-0.05, 0) is 55.7 Å². The van der Waals surface area contributed by atoms with Crippen LogP contribution < -0.4 is 5.32 Å². The van der Waals surface area contributed by atoms with E-state index in [0.29, 0.717) is 5.56 Å². The zero-order chi connectivity index (χ0) is 20.0. The van der Waals surface area contributed by atoms with Gasteiger partial charge in [0.1, 0.15) is 6.33 Å². The van der Waals surface area contributed by atoms with Gasteiger partial charge in [0.05, 0.1) is 22.4 Å². The van der Waals surface area contributed by atoms with E-state index in [0.717, 1.165) is 41.7 Å². The molecule has 0 radical (unpaired) electrons. The molecule has 7 heteroatoms. The zero-order valence-electron chi connectivity index (χ0n) is 16.5. The molecule has 0 saturated heterocycles. The molecule has 1 aliphatic rings. The molecule has 2 heterocycles. The topological polar surface area (TPSA) is 77.6 Å². The average molecular weight is 386 g/mol. The lowest BCUT2D eigenvalue weighted by molar-refractivity contribution is 0.0933. The highest BCUT2D eigenvalue weighted by Crippen LogP contribution is 2.22. The number of aromatic nitrogens is 5. The molecule has 7 nitrogen and oxygen atoms in total. The Hall–Kier alpha value is -3.48. The Labute approximate surface area is 168 Å². The number of nitrogens with zero attached hydrogens (tertiary/aromatic N) is 5. The molecule has 1 atom stereocenters. The van der Waals surface area contributed by atoms with Gasteiger partial charge in [-0.2, -0.15) is 0 Å². The van der Waals surface area contributed by atoms with E-state index < -0.39 is 0 Å². The van der Waals surface area contributed by atoms with E-state index >= 15 is 0 Å². The summed E-state index contributed by atoms with van der Waals surface area (Å²) in [5.74, 6) is -0.0747. The van der Waals surface area contributed by atoms with Gasteiger partial charge >= 0.3 is 0 Å². The molecule has 2 aromatic carbocycles. The third-order valence-electron chi connectivity index (χ3n) is 5.62. The largest absolute Gasteiger partial charge is 0.349 e. The number of hydrogen-bond donors (Lipinski definition) is 1. The van der Waals surface area contributed by atoms with Gasteiger partial charge in [0.25, 0.3) is 5.91 Å². The quantitative estimate of drug-likeness (QED) is 0.587. The van der Waals surface area contributed by atoms with E-state index in [2.05, 4.69) is 45.7 Å². The van der Waals surface area contributed by atoms with Crippen molar-refractivity contribution in [3.8, 4) is 5.69 Å². The zero-order valence-corrected chi connectivity index (χ0v) is 16.5. The summed E-state index contributed by atoms with van der Waals surface area (Å²) in [5, 5.41) is 11.4. The van der Waals surface area contributed by atoms with Crippen molar-refractivity contribution in [2.75, 3.05) is 0 Å². The molecule has 0 bridgehead atoms. The van der Waals surface area contributed by atoms with Gasteiger partial charge in [-0.15, -0.1) is 5.10 Å². The summed E-state index contributed by atoms with van der Waals surface area (Å²) >= 11 is 0. The fourth-order valence-corrected chi connectivity index (χ4v) is 4.06. The van der Waals surface area contributed by atoms with Crippen LogP contribution in [0.5, 0.6) is 0 Å². The normalized spacial score (nSPS) is 16.0. The van der Waals surface area contributed by atoms with Crippen molar-refractivity contribution >= 4 is 16.9 Å². The van der Waals surface area contributed by atoms with Gasteiger partial charge in [-0.1, -0.05) is 17.3 Å². The van der Waals surface area contributed by atoms with Crippen LogP contribution in [0.2, 0.25) is 0 Å². The maximum Gasteiger partial charge on any atom is 0.251 e. The molecule has 5 rings (SSSR count). The molecule has 0 spiro atoms. The molecule has 146 valence electrons. The van der Waals surface area contributed by atoms with E-state index in [1.165, 1.54) is 11.3 Å². The van der Waals surface area contributed by atoms with Gasteiger partial charge in [0.2, 0.25) is 0 Å². The highest BCUT2D eigenvalue weighted by molar-refractivity contribution is 5.97. The first-order valence-corrected chi connectivity index (χ1v) is 9.81. The van der Waals surface area contributed by atoms with E-state index in [4.69, 9.17) is 0 Å². The van der Waals surface area contributed by atoms with Crippen LogP contribution in [0.25, 0.3) is 16.7 Å². The summed E-state index contributed by atoms with van der Waals surface area (Å²) in [6, 6.07) is 14.0. The van der Waals surface area contributed by atoms with Crippen molar-refractivity contribution in [2.45, 2.75) is 32.2 Å². The standard InChI is InChI=1S/C22H22N6O/c1-14-4-3-5-17(10-14)28-13-23-18-11-15(6-8-21(18)28)22(29)24-16-7-9-20-19(12-16)25-26-27(20)2/h3-6,8,10-11,13,16H,7,9,12H2,1-2H3,(H,24,29). The number of aryl methyl sites for hydroxylation is 2. The second kappa shape index (κ2) is 6.84. The number of carbonyl (C=O) groups excluding carboxylic acids is 1. The van der Waals surface area contributed by atoms with Crippen molar-refractivity contribution < 1.29 is 4.79 Å². The summed E-state index contributed by atoms with van der Waals surface area (Å²) < 4.78 is 3.87. The van der Waals surface area contributed by atoms with Gasteiger partial charge in [-0.3, -0.25) is 14.0 Å². The number of rotatable bonds is 3. The minimum absolute atomic E-state index is 0.0747. The lowest BCUT2D eigenvalue weighted by Gasteiger charge is -2.22. The molecule has 1 aliphatic carbocycles. The van der Waals surface area contributed by atoms with Crippen LogP contribution in [0.15, 0.2) is 48.8 Å². The molecule has 0 fully saturated rings. The minimum atomic E-state index is -0.0747. The Morgan fingerprint density at radius 3 is 2.97 bits per heavy atom. The van der Waals surface area contributed by atoms with E-state index in [9.17, 15) is 4.79 Å². The first-order chi connectivity index (χ1) is 14.1. The Morgan fingerprint density at radius 2 is 2.10 bits per heavy atom. The van der Waals surface area contributed by atoms with Crippen molar-refractivity contribution in [2.24, 2.45) is 7.05 Å². The molecule has 1 N–H and O–H groups in total. The SMILES string of the molecule is Cc1cccc(-n2cnc3cc(C(=O)NC4CCc5c(nnn5C)C4)ccc32)c1. The second-order valence-electron chi connectivity index (χ2n) is 7.68. The third-order valence-corrected chi connectivity index (χ3v) is 5.62. The summed E-state index contributed by atoms with van der Waals surface area (Å²) in [4.78, 5) is 17.3. The van der Waals surface area contributed by atoms with Crippen LogP contribution in [0, 0.1) is 6.92 Å². The van der Waals surface area contributed by atoms with E-state index in [1.807, 2.05) is 40.6 Å². The predicted molar refractivity (Wildman–Crippen MR) is 110 cm³/mol. The smallest absolute Gasteiger partial charge is 0.251 e. The second-order valence-corrected chi connectivity index (χ2v) is 7.68. The monoisotopic (exact) mass is 386 g/mol. The molecule has 29 heavy (non-hydrogen) atoms. The molecule has 2 aromatic heterocycles. The van der Waals surface area contributed by atoms with Gasteiger partial charge < -0.3 is 5.32 Å². The van der Waals surface area contributed by atoms with E-state index in [-0.39, 0.29) is 11.9 Å². The highest BCUT2D eigenvalue weighted by atomic mass is 16.1. The highest BCUT2D eigenvalue weighted by Gasteiger charge is 2.24.